The van der Waals surface area contributed by atoms with Gasteiger partial charge in [-0.15, -0.1) is 6.58 Å². The number of hydrogen-bond donors (Lipinski definition) is 1. The van der Waals surface area contributed by atoms with E-state index in [2.05, 4.69) is 40.3 Å². The zero-order chi connectivity index (χ0) is 16.3. The third-order valence-electron chi connectivity index (χ3n) is 7.32. The molecule has 1 N–H and O–H groups in total. The second kappa shape index (κ2) is 4.80. The fourth-order valence-corrected chi connectivity index (χ4v) is 5.55. The van der Waals surface area contributed by atoms with Gasteiger partial charge in [-0.05, 0) is 53.9 Å². The van der Waals surface area contributed by atoms with Gasteiger partial charge in [0.15, 0.2) is 5.78 Å². The molecule has 0 spiro atoms. The SMILES string of the molecule is C=CC1(C)C=C2C(=O)CC3C(C)(C)C(O)CCC3(C)C2CC1. The quantitative estimate of drug-likeness (QED) is 0.734. The summed E-state index contributed by atoms with van der Waals surface area (Å²) in [5.41, 5.74) is 0.992. The Labute approximate surface area is 134 Å². The van der Waals surface area contributed by atoms with Crippen molar-refractivity contribution in [3.63, 3.8) is 0 Å². The second-order valence-corrected chi connectivity index (χ2v) is 8.96. The van der Waals surface area contributed by atoms with Gasteiger partial charge in [0.25, 0.3) is 0 Å². The molecule has 0 amide bonds. The normalized spacial score (nSPS) is 47.2. The van der Waals surface area contributed by atoms with Crippen LogP contribution in [0.5, 0.6) is 0 Å². The fraction of sp³-hybridized carbons (Fsp3) is 0.750. The predicted molar refractivity (Wildman–Crippen MR) is 89.4 cm³/mol. The van der Waals surface area contributed by atoms with Crippen LogP contribution in [-0.4, -0.2) is 17.0 Å². The van der Waals surface area contributed by atoms with E-state index in [1.54, 1.807) is 0 Å². The van der Waals surface area contributed by atoms with Crippen molar-refractivity contribution in [3.8, 4) is 0 Å². The Morgan fingerprint density at radius 1 is 1.23 bits per heavy atom. The van der Waals surface area contributed by atoms with Gasteiger partial charge < -0.3 is 5.11 Å². The Morgan fingerprint density at radius 3 is 2.55 bits per heavy atom. The standard InChI is InChI=1S/C20H30O2/c1-6-19(4)9-7-14-13(12-19)15(21)11-16-18(2,3)17(22)8-10-20(14,16)5/h6,12,14,16-17,22H,1,7-11H2,2-5H3. The van der Waals surface area contributed by atoms with E-state index in [9.17, 15) is 9.90 Å². The van der Waals surface area contributed by atoms with Gasteiger partial charge in [-0.1, -0.05) is 39.8 Å². The minimum absolute atomic E-state index is 0.0333. The van der Waals surface area contributed by atoms with Gasteiger partial charge >= 0.3 is 0 Å². The third kappa shape index (κ3) is 2.06. The molecule has 0 aliphatic heterocycles. The van der Waals surface area contributed by atoms with Crippen molar-refractivity contribution in [2.45, 2.75) is 65.9 Å². The number of ketones is 1. The summed E-state index contributed by atoms with van der Waals surface area (Å²) in [6.45, 7) is 12.8. The molecule has 22 heavy (non-hydrogen) atoms. The van der Waals surface area contributed by atoms with E-state index in [1.165, 1.54) is 0 Å². The lowest BCUT2D eigenvalue weighted by Gasteiger charge is -2.60. The monoisotopic (exact) mass is 302 g/mol. The first-order valence-corrected chi connectivity index (χ1v) is 8.72. The summed E-state index contributed by atoms with van der Waals surface area (Å²) < 4.78 is 0. The van der Waals surface area contributed by atoms with Crippen LogP contribution in [-0.2, 0) is 4.79 Å². The number of allylic oxidation sites excluding steroid dienone is 3. The van der Waals surface area contributed by atoms with E-state index in [0.29, 0.717) is 18.1 Å². The van der Waals surface area contributed by atoms with Gasteiger partial charge in [0.1, 0.15) is 0 Å². The molecule has 0 radical (unpaired) electrons. The van der Waals surface area contributed by atoms with Crippen LogP contribution in [0, 0.1) is 28.1 Å². The maximum Gasteiger partial charge on any atom is 0.159 e. The number of hydrogen-bond acceptors (Lipinski definition) is 2. The molecule has 3 aliphatic rings. The van der Waals surface area contributed by atoms with Crippen molar-refractivity contribution < 1.29 is 9.90 Å². The lowest BCUT2D eigenvalue weighted by Crippen LogP contribution is -2.57. The minimum atomic E-state index is -0.286. The van der Waals surface area contributed by atoms with Crippen molar-refractivity contribution in [3.05, 3.63) is 24.3 Å². The molecule has 2 fully saturated rings. The molecule has 0 saturated heterocycles. The number of Topliss-reactive ketones (excluding diaryl/α,β-unsaturated/α-hetero) is 1. The van der Waals surface area contributed by atoms with Crippen LogP contribution >= 0.6 is 0 Å². The molecule has 0 bridgehead atoms. The summed E-state index contributed by atoms with van der Waals surface area (Å²) in [5, 5.41) is 10.5. The summed E-state index contributed by atoms with van der Waals surface area (Å²) in [5.74, 6) is 0.951. The summed E-state index contributed by atoms with van der Waals surface area (Å²) >= 11 is 0. The first-order chi connectivity index (χ1) is 10.1. The highest BCUT2D eigenvalue weighted by Crippen LogP contribution is 2.62. The van der Waals surface area contributed by atoms with Gasteiger partial charge in [-0.3, -0.25) is 4.79 Å². The lowest BCUT2D eigenvalue weighted by atomic mass is 9.45. The van der Waals surface area contributed by atoms with Gasteiger partial charge in [-0.25, -0.2) is 0 Å². The predicted octanol–water partition coefficient (Wildman–Crippen LogP) is 4.29. The lowest BCUT2D eigenvalue weighted by molar-refractivity contribution is -0.147. The summed E-state index contributed by atoms with van der Waals surface area (Å²) in [6, 6.07) is 0. The molecule has 5 atom stereocenters. The van der Waals surface area contributed by atoms with Crippen molar-refractivity contribution in [1.82, 2.24) is 0 Å². The third-order valence-corrected chi connectivity index (χ3v) is 7.32. The Morgan fingerprint density at radius 2 is 1.91 bits per heavy atom. The summed E-state index contributed by atoms with van der Waals surface area (Å²) in [6.07, 6.45) is 8.53. The number of rotatable bonds is 1. The Bertz CT molecular complexity index is 544. The minimum Gasteiger partial charge on any atom is -0.393 e. The maximum atomic E-state index is 12.8. The van der Waals surface area contributed by atoms with Crippen molar-refractivity contribution in [2.75, 3.05) is 0 Å². The molecule has 5 unspecified atom stereocenters. The average molecular weight is 302 g/mol. The Hall–Kier alpha value is -0.890. The fourth-order valence-electron chi connectivity index (χ4n) is 5.55. The number of aliphatic hydroxyl groups is 1. The van der Waals surface area contributed by atoms with E-state index in [4.69, 9.17) is 0 Å². The number of aliphatic hydroxyl groups excluding tert-OH is 1. The van der Waals surface area contributed by atoms with E-state index < -0.39 is 0 Å². The zero-order valence-corrected chi connectivity index (χ0v) is 14.5. The number of carbonyl (C=O) groups excluding carboxylic acids is 1. The smallest absolute Gasteiger partial charge is 0.159 e. The molecule has 0 aromatic heterocycles. The number of carbonyl (C=O) groups is 1. The van der Waals surface area contributed by atoms with Gasteiger partial charge in [-0.2, -0.15) is 0 Å². The molecule has 0 aromatic rings. The van der Waals surface area contributed by atoms with E-state index in [0.717, 1.165) is 31.3 Å². The highest BCUT2D eigenvalue weighted by molar-refractivity contribution is 5.97. The Balaban J connectivity index is 2.05. The molecular formula is C20H30O2. The van der Waals surface area contributed by atoms with Crippen LogP contribution < -0.4 is 0 Å². The molecule has 2 heteroatoms. The molecule has 3 rings (SSSR count). The van der Waals surface area contributed by atoms with Crippen LogP contribution in [0.3, 0.4) is 0 Å². The number of fused-ring (bicyclic) bond motifs is 3. The average Bonchev–Trinajstić information content (AvgIpc) is 2.47. The van der Waals surface area contributed by atoms with Crippen LogP contribution in [0.2, 0.25) is 0 Å². The molecule has 122 valence electrons. The van der Waals surface area contributed by atoms with Crippen LogP contribution in [0.15, 0.2) is 24.3 Å². The first kappa shape index (κ1) is 16.0. The summed E-state index contributed by atoms with van der Waals surface area (Å²) in [4.78, 5) is 12.8. The van der Waals surface area contributed by atoms with E-state index >= 15 is 0 Å². The Kier molecular flexibility index (Phi) is 3.49. The molecule has 0 aromatic carbocycles. The van der Waals surface area contributed by atoms with Crippen molar-refractivity contribution >= 4 is 5.78 Å². The highest BCUT2D eigenvalue weighted by Gasteiger charge is 2.58. The molecule has 0 heterocycles. The topological polar surface area (TPSA) is 37.3 Å². The zero-order valence-electron chi connectivity index (χ0n) is 14.5. The second-order valence-electron chi connectivity index (χ2n) is 8.96. The van der Waals surface area contributed by atoms with E-state index in [-0.39, 0.29) is 28.3 Å². The van der Waals surface area contributed by atoms with Gasteiger partial charge in [0.05, 0.1) is 6.10 Å². The first-order valence-electron chi connectivity index (χ1n) is 8.72. The molecule has 2 nitrogen and oxygen atoms in total. The highest BCUT2D eigenvalue weighted by atomic mass is 16.3. The molecular weight excluding hydrogens is 272 g/mol. The van der Waals surface area contributed by atoms with Gasteiger partial charge in [0.2, 0.25) is 0 Å². The largest absolute Gasteiger partial charge is 0.393 e. The van der Waals surface area contributed by atoms with Crippen LogP contribution in [0.25, 0.3) is 0 Å². The van der Waals surface area contributed by atoms with Crippen molar-refractivity contribution in [1.29, 1.82) is 0 Å². The summed E-state index contributed by atoms with van der Waals surface area (Å²) in [7, 11) is 0. The van der Waals surface area contributed by atoms with E-state index in [1.807, 2.05) is 6.08 Å². The maximum absolute atomic E-state index is 12.8. The van der Waals surface area contributed by atoms with Crippen LogP contribution in [0.1, 0.15) is 59.8 Å². The van der Waals surface area contributed by atoms with Gasteiger partial charge in [0, 0.05) is 11.8 Å². The molecule has 3 aliphatic carbocycles. The van der Waals surface area contributed by atoms with Crippen molar-refractivity contribution in [2.24, 2.45) is 28.1 Å². The molecule has 2 saturated carbocycles. The van der Waals surface area contributed by atoms with Crippen LogP contribution in [0.4, 0.5) is 0 Å².